The molecule has 1 saturated heterocycles. The lowest BCUT2D eigenvalue weighted by molar-refractivity contribution is -0.0511. The van der Waals surface area contributed by atoms with Crippen LogP contribution in [0.15, 0.2) is 40.8 Å². The number of aliphatic hydroxyl groups is 3. The Morgan fingerprint density at radius 1 is 1.27 bits per heavy atom. The van der Waals surface area contributed by atoms with Gasteiger partial charge in [-0.3, -0.25) is 4.57 Å². The van der Waals surface area contributed by atoms with Gasteiger partial charge in [-0.15, -0.1) is 5.11 Å². The molecule has 4 atom stereocenters. The number of methoxy groups -OCH3 is 1. The Morgan fingerprint density at radius 2 is 2.10 bits per heavy atom. The maximum Gasteiger partial charge on any atom is 0.272 e. The van der Waals surface area contributed by atoms with Crippen LogP contribution in [-0.2, 0) is 11.3 Å². The third kappa shape index (κ3) is 3.68. The highest BCUT2D eigenvalue weighted by molar-refractivity contribution is 5.82. The van der Waals surface area contributed by atoms with Gasteiger partial charge in [-0.05, 0) is 17.7 Å². The van der Waals surface area contributed by atoms with E-state index in [4.69, 9.17) is 15.2 Å². The molecule has 0 spiro atoms. The minimum atomic E-state index is -1.28. The number of hydrogen-bond acceptors (Lipinski definition) is 11. The van der Waals surface area contributed by atoms with Gasteiger partial charge in [0.15, 0.2) is 17.7 Å². The molecule has 0 bridgehead atoms. The van der Waals surface area contributed by atoms with Crippen LogP contribution >= 0.6 is 0 Å². The Morgan fingerprint density at radius 3 is 2.83 bits per heavy atom. The largest absolute Gasteiger partial charge is 0.497 e. The van der Waals surface area contributed by atoms with Gasteiger partial charge < -0.3 is 30.5 Å². The van der Waals surface area contributed by atoms with Crippen LogP contribution in [0.1, 0.15) is 11.8 Å². The molecular formula is C18H21N7O5. The van der Waals surface area contributed by atoms with Gasteiger partial charge >= 0.3 is 0 Å². The second kappa shape index (κ2) is 8.28. The lowest BCUT2D eigenvalue weighted by Gasteiger charge is -2.16. The van der Waals surface area contributed by atoms with Gasteiger partial charge in [0.1, 0.15) is 29.6 Å². The summed E-state index contributed by atoms with van der Waals surface area (Å²) in [5, 5.41) is 37.7. The van der Waals surface area contributed by atoms with E-state index >= 15 is 0 Å². The number of aliphatic hydroxyl groups excluding tert-OH is 3. The number of fused-ring (bicyclic) bond motifs is 1. The number of rotatable bonds is 6. The molecule has 1 aliphatic heterocycles. The summed E-state index contributed by atoms with van der Waals surface area (Å²) in [6.07, 6.45) is -3.10. The van der Waals surface area contributed by atoms with Crippen LogP contribution in [0.2, 0.25) is 0 Å². The van der Waals surface area contributed by atoms with E-state index in [-0.39, 0.29) is 24.0 Å². The summed E-state index contributed by atoms with van der Waals surface area (Å²) in [5.41, 5.74) is 7.41. The Kier molecular flexibility index (Phi) is 5.55. The number of aromatic nitrogens is 4. The van der Waals surface area contributed by atoms with Crippen molar-refractivity contribution in [2.75, 3.05) is 19.5 Å². The van der Waals surface area contributed by atoms with E-state index in [1.165, 1.54) is 10.9 Å². The summed E-state index contributed by atoms with van der Waals surface area (Å²) >= 11 is 0. The van der Waals surface area contributed by atoms with Crippen LogP contribution in [0, 0.1) is 0 Å². The SMILES string of the molecule is COc1cccc(CN=Nc2nc(N)c3ncn(C4O[C@H](CO)[C@@H](O)[C@H]4O)c3n2)c1. The van der Waals surface area contributed by atoms with Gasteiger partial charge in [0.25, 0.3) is 5.95 Å². The van der Waals surface area contributed by atoms with Crippen LogP contribution in [-0.4, -0.2) is 66.9 Å². The fourth-order valence-electron chi connectivity index (χ4n) is 3.22. The highest BCUT2D eigenvalue weighted by Gasteiger charge is 2.44. The van der Waals surface area contributed by atoms with Crippen LogP contribution in [0.3, 0.4) is 0 Å². The molecule has 3 heterocycles. The third-order valence-corrected chi connectivity index (χ3v) is 4.78. The number of azo groups is 1. The predicted molar refractivity (Wildman–Crippen MR) is 104 cm³/mol. The summed E-state index contributed by atoms with van der Waals surface area (Å²) in [5.74, 6) is 0.809. The van der Waals surface area contributed by atoms with Gasteiger partial charge in [0, 0.05) is 0 Å². The molecule has 1 unspecified atom stereocenters. The monoisotopic (exact) mass is 415 g/mol. The van der Waals surface area contributed by atoms with Crippen LogP contribution < -0.4 is 10.5 Å². The van der Waals surface area contributed by atoms with Crippen LogP contribution in [0.4, 0.5) is 11.8 Å². The van der Waals surface area contributed by atoms with Gasteiger partial charge in [-0.2, -0.15) is 15.1 Å². The molecular weight excluding hydrogens is 394 g/mol. The zero-order chi connectivity index (χ0) is 21.3. The minimum absolute atomic E-state index is 0.0105. The van der Waals surface area contributed by atoms with Gasteiger partial charge in [-0.25, -0.2) is 4.98 Å². The maximum atomic E-state index is 10.3. The number of anilines is 1. The molecule has 3 aromatic rings. The Labute approximate surface area is 170 Å². The van der Waals surface area contributed by atoms with Crippen molar-refractivity contribution in [1.29, 1.82) is 0 Å². The first-order valence-corrected chi connectivity index (χ1v) is 9.14. The molecule has 5 N–H and O–H groups in total. The van der Waals surface area contributed by atoms with Gasteiger partial charge in [0.2, 0.25) is 0 Å². The second-order valence-electron chi connectivity index (χ2n) is 6.71. The number of ether oxygens (including phenoxy) is 2. The lowest BCUT2D eigenvalue weighted by Crippen LogP contribution is -2.33. The van der Waals surface area contributed by atoms with Crippen molar-refractivity contribution >= 4 is 22.9 Å². The molecule has 1 aromatic carbocycles. The van der Waals surface area contributed by atoms with E-state index in [1.54, 1.807) is 7.11 Å². The average molecular weight is 415 g/mol. The zero-order valence-corrected chi connectivity index (χ0v) is 16.0. The van der Waals surface area contributed by atoms with E-state index in [2.05, 4.69) is 25.2 Å². The van der Waals surface area contributed by atoms with Crippen molar-refractivity contribution in [2.24, 2.45) is 10.2 Å². The average Bonchev–Trinajstić information content (AvgIpc) is 3.29. The number of benzene rings is 1. The molecule has 0 aliphatic carbocycles. The highest BCUT2D eigenvalue weighted by atomic mass is 16.6. The normalized spacial score (nSPS) is 24.1. The summed E-state index contributed by atoms with van der Waals surface area (Å²) in [6.45, 7) is -0.158. The maximum absolute atomic E-state index is 10.3. The number of imidazole rings is 1. The van der Waals surface area contributed by atoms with Crippen LogP contribution in [0.25, 0.3) is 11.2 Å². The fraction of sp³-hybridized carbons (Fsp3) is 0.389. The standard InChI is InChI=1S/C18H21N7O5/c1-29-10-4-2-3-9(5-10)6-21-24-18-22-15(19)12-16(23-18)25(8-20-12)17-14(28)13(27)11(7-26)30-17/h2-5,8,11,13-14,17,26-28H,6-7H2,1H3,(H2,19,22,23)/t11-,13-,14-,17?/m1/s1. The van der Waals surface area contributed by atoms with Gasteiger partial charge in [0.05, 0.1) is 26.6 Å². The predicted octanol–water partition coefficient (Wildman–Crippen LogP) is 0.313. The molecule has 30 heavy (non-hydrogen) atoms. The fourth-order valence-corrected chi connectivity index (χ4v) is 3.22. The Balaban J connectivity index is 1.60. The van der Waals surface area contributed by atoms with Crippen molar-refractivity contribution in [3.8, 4) is 5.75 Å². The first kappa shape index (κ1) is 20.1. The quantitative estimate of drug-likeness (QED) is 0.413. The number of hydrogen-bond donors (Lipinski definition) is 4. The number of nitrogen functional groups attached to an aromatic ring is 1. The topological polar surface area (TPSA) is 173 Å². The molecule has 0 radical (unpaired) electrons. The summed E-state index contributed by atoms with van der Waals surface area (Å²) in [7, 11) is 1.59. The van der Waals surface area contributed by atoms with Crippen molar-refractivity contribution in [2.45, 2.75) is 31.1 Å². The smallest absolute Gasteiger partial charge is 0.272 e. The first-order valence-electron chi connectivity index (χ1n) is 9.14. The Bertz CT molecular complexity index is 1070. The molecule has 158 valence electrons. The van der Waals surface area contributed by atoms with E-state index in [9.17, 15) is 15.3 Å². The molecule has 12 nitrogen and oxygen atoms in total. The van der Waals surface area contributed by atoms with Gasteiger partial charge in [-0.1, -0.05) is 12.1 Å². The zero-order valence-electron chi connectivity index (χ0n) is 16.0. The summed E-state index contributed by atoms with van der Waals surface area (Å²) < 4.78 is 12.1. The third-order valence-electron chi connectivity index (χ3n) is 4.78. The van der Waals surface area contributed by atoms with Crippen molar-refractivity contribution < 1.29 is 24.8 Å². The first-order chi connectivity index (χ1) is 14.5. The van der Waals surface area contributed by atoms with E-state index in [0.29, 0.717) is 11.3 Å². The second-order valence-corrected chi connectivity index (χ2v) is 6.71. The molecule has 0 saturated carbocycles. The lowest BCUT2D eigenvalue weighted by atomic mass is 10.1. The van der Waals surface area contributed by atoms with Crippen molar-refractivity contribution in [3.63, 3.8) is 0 Å². The molecule has 1 aliphatic rings. The number of nitrogens with two attached hydrogens (primary N) is 1. The van der Waals surface area contributed by atoms with Crippen LogP contribution in [0.5, 0.6) is 5.75 Å². The summed E-state index contributed by atoms with van der Waals surface area (Å²) in [6, 6.07) is 7.41. The molecule has 0 amide bonds. The molecule has 4 rings (SSSR count). The number of nitrogens with zero attached hydrogens (tertiary/aromatic N) is 6. The van der Waals surface area contributed by atoms with E-state index < -0.39 is 31.1 Å². The minimum Gasteiger partial charge on any atom is -0.497 e. The highest BCUT2D eigenvalue weighted by Crippen LogP contribution is 2.32. The van der Waals surface area contributed by atoms with Crippen molar-refractivity contribution in [1.82, 2.24) is 19.5 Å². The molecule has 12 heteroatoms. The molecule has 1 fully saturated rings. The summed E-state index contributed by atoms with van der Waals surface area (Å²) in [4.78, 5) is 12.5. The van der Waals surface area contributed by atoms with Crippen molar-refractivity contribution in [3.05, 3.63) is 36.2 Å². The molecule has 2 aromatic heterocycles. The Hall–Kier alpha value is -3.19. The van der Waals surface area contributed by atoms with E-state index in [0.717, 1.165) is 5.56 Å². The van der Waals surface area contributed by atoms with E-state index in [1.807, 2.05) is 24.3 Å².